The standard InChI is InChI=1S/C16H15BrFNO3S/c1-3-22-15(21)12-13(20)8-6-10(18)9(16(17)4-5-16)7-11(8)19-14(12)23-2/h6-7H,3-5H2,1-2H3,(H,19,20). The summed E-state index contributed by atoms with van der Waals surface area (Å²) in [4.78, 5) is 27.8. The highest BCUT2D eigenvalue weighted by molar-refractivity contribution is 9.09. The zero-order valence-corrected chi connectivity index (χ0v) is 15.1. The summed E-state index contributed by atoms with van der Waals surface area (Å²) < 4.78 is 19.0. The number of pyridine rings is 1. The predicted octanol–water partition coefficient (Wildman–Crippen LogP) is 3.95. The fourth-order valence-electron chi connectivity index (χ4n) is 2.55. The van der Waals surface area contributed by atoms with E-state index in [0.29, 0.717) is 16.1 Å². The molecule has 3 rings (SSSR count). The van der Waals surface area contributed by atoms with Crippen LogP contribution in [0.25, 0.3) is 10.9 Å². The van der Waals surface area contributed by atoms with Gasteiger partial charge in [0.1, 0.15) is 11.4 Å². The van der Waals surface area contributed by atoms with Crippen molar-refractivity contribution in [2.24, 2.45) is 0 Å². The summed E-state index contributed by atoms with van der Waals surface area (Å²) in [5.41, 5.74) is 0.483. The maximum atomic E-state index is 14.4. The summed E-state index contributed by atoms with van der Waals surface area (Å²) in [6, 6.07) is 2.86. The van der Waals surface area contributed by atoms with E-state index in [1.54, 1.807) is 19.2 Å². The molecule has 1 saturated carbocycles. The van der Waals surface area contributed by atoms with Crippen LogP contribution >= 0.6 is 27.7 Å². The molecule has 0 bridgehead atoms. The zero-order chi connectivity index (χ0) is 16.8. The Morgan fingerprint density at radius 3 is 2.74 bits per heavy atom. The Bertz CT molecular complexity index is 861. The number of hydrogen-bond donors (Lipinski definition) is 1. The second-order valence-corrected chi connectivity index (χ2v) is 7.76. The monoisotopic (exact) mass is 399 g/mol. The molecule has 0 aliphatic heterocycles. The molecule has 23 heavy (non-hydrogen) atoms. The van der Waals surface area contributed by atoms with Crippen LogP contribution in [-0.2, 0) is 9.06 Å². The van der Waals surface area contributed by atoms with Gasteiger partial charge < -0.3 is 9.72 Å². The second kappa shape index (κ2) is 5.94. The molecule has 1 heterocycles. The average Bonchev–Trinajstić information content (AvgIpc) is 3.26. The van der Waals surface area contributed by atoms with E-state index in [1.807, 2.05) is 0 Å². The van der Waals surface area contributed by atoms with Gasteiger partial charge in [-0.2, -0.15) is 0 Å². The van der Waals surface area contributed by atoms with E-state index in [2.05, 4.69) is 20.9 Å². The number of benzene rings is 1. The molecule has 0 radical (unpaired) electrons. The lowest BCUT2D eigenvalue weighted by molar-refractivity contribution is 0.0520. The van der Waals surface area contributed by atoms with Crippen molar-refractivity contribution in [2.75, 3.05) is 12.9 Å². The first-order valence-electron chi connectivity index (χ1n) is 7.21. The number of fused-ring (bicyclic) bond motifs is 1. The number of thioether (sulfide) groups is 1. The average molecular weight is 400 g/mol. The summed E-state index contributed by atoms with van der Waals surface area (Å²) in [6.45, 7) is 1.84. The molecule has 0 atom stereocenters. The Morgan fingerprint density at radius 1 is 1.48 bits per heavy atom. The number of hydrogen-bond acceptors (Lipinski definition) is 4. The van der Waals surface area contributed by atoms with Gasteiger partial charge in [0.05, 0.1) is 21.5 Å². The lowest BCUT2D eigenvalue weighted by Gasteiger charge is -2.13. The minimum atomic E-state index is -0.691. The summed E-state index contributed by atoms with van der Waals surface area (Å²) in [5, 5.41) is 0.585. The van der Waals surface area contributed by atoms with Crippen LogP contribution in [0.4, 0.5) is 4.39 Å². The maximum absolute atomic E-state index is 14.4. The predicted molar refractivity (Wildman–Crippen MR) is 92.1 cm³/mol. The molecule has 1 aromatic heterocycles. The van der Waals surface area contributed by atoms with Gasteiger partial charge in [-0.05, 0) is 38.2 Å². The molecule has 0 spiro atoms. The Kier molecular flexibility index (Phi) is 4.27. The largest absolute Gasteiger partial charge is 0.462 e. The van der Waals surface area contributed by atoms with Gasteiger partial charge in [0.2, 0.25) is 5.43 Å². The third-order valence-electron chi connectivity index (χ3n) is 3.91. The van der Waals surface area contributed by atoms with Gasteiger partial charge in [-0.1, -0.05) is 15.9 Å². The van der Waals surface area contributed by atoms with Gasteiger partial charge in [0.25, 0.3) is 0 Å². The molecule has 1 fully saturated rings. The Balaban J connectivity index is 2.26. The van der Waals surface area contributed by atoms with E-state index in [9.17, 15) is 14.0 Å². The minimum absolute atomic E-state index is 0.0704. The molecule has 7 heteroatoms. The molecule has 1 aromatic carbocycles. The highest BCUT2D eigenvalue weighted by atomic mass is 79.9. The molecule has 1 aliphatic rings. The van der Waals surface area contributed by atoms with Crippen LogP contribution in [0, 0.1) is 5.82 Å². The molecule has 4 nitrogen and oxygen atoms in total. The molecule has 0 unspecified atom stereocenters. The van der Waals surface area contributed by atoms with Crippen molar-refractivity contribution in [3.05, 3.63) is 39.3 Å². The summed E-state index contributed by atoms with van der Waals surface area (Å²) in [6.07, 6.45) is 3.48. The fourth-order valence-corrected chi connectivity index (χ4v) is 3.65. The first kappa shape index (κ1) is 16.5. The highest BCUT2D eigenvalue weighted by Crippen LogP contribution is 2.54. The van der Waals surface area contributed by atoms with Crippen molar-refractivity contribution in [3.8, 4) is 0 Å². The van der Waals surface area contributed by atoms with Gasteiger partial charge in [-0.25, -0.2) is 9.18 Å². The Labute approximate surface area is 144 Å². The van der Waals surface area contributed by atoms with Crippen molar-refractivity contribution in [2.45, 2.75) is 29.1 Å². The number of aromatic amines is 1. The molecule has 1 N–H and O–H groups in total. The second-order valence-electron chi connectivity index (χ2n) is 5.43. The first-order chi connectivity index (χ1) is 10.9. The Morgan fingerprint density at radius 2 is 2.17 bits per heavy atom. The molecule has 1 aliphatic carbocycles. The maximum Gasteiger partial charge on any atom is 0.344 e. The number of esters is 1. The van der Waals surface area contributed by atoms with Gasteiger partial charge in [0, 0.05) is 10.9 Å². The first-order valence-corrected chi connectivity index (χ1v) is 9.23. The van der Waals surface area contributed by atoms with Crippen LogP contribution in [0.1, 0.15) is 35.7 Å². The minimum Gasteiger partial charge on any atom is -0.462 e. The number of alkyl halides is 1. The number of carbonyl (C=O) groups is 1. The van der Waals surface area contributed by atoms with Crippen molar-refractivity contribution in [3.63, 3.8) is 0 Å². The third kappa shape index (κ3) is 2.80. The summed E-state index contributed by atoms with van der Waals surface area (Å²) in [5.74, 6) is -1.13. The van der Waals surface area contributed by atoms with Crippen LogP contribution in [0.15, 0.2) is 22.0 Å². The summed E-state index contributed by atoms with van der Waals surface area (Å²) >= 11 is 4.79. The topological polar surface area (TPSA) is 59.2 Å². The van der Waals surface area contributed by atoms with Gasteiger partial charge >= 0.3 is 5.97 Å². The van der Waals surface area contributed by atoms with E-state index in [1.165, 1.54) is 17.8 Å². The van der Waals surface area contributed by atoms with E-state index in [-0.39, 0.29) is 21.9 Å². The number of nitrogens with one attached hydrogen (secondary N) is 1. The summed E-state index contributed by atoms with van der Waals surface area (Å²) in [7, 11) is 0. The van der Waals surface area contributed by atoms with Crippen LogP contribution in [0.3, 0.4) is 0 Å². The van der Waals surface area contributed by atoms with Crippen molar-refractivity contribution < 1.29 is 13.9 Å². The van der Waals surface area contributed by atoms with Crippen molar-refractivity contribution in [1.82, 2.24) is 4.98 Å². The lowest BCUT2D eigenvalue weighted by atomic mass is 10.0. The van der Waals surface area contributed by atoms with Gasteiger partial charge in [-0.15, -0.1) is 11.8 Å². The zero-order valence-electron chi connectivity index (χ0n) is 12.7. The molecule has 122 valence electrons. The number of ether oxygens (including phenoxy) is 1. The van der Waals surface area contributed by atoms with Crippen molar-refractivity contribution in [1.29, 1.82) is 0 Å². The van der Waals surface area contributed by atoms with Gasteiger partial charge in [0.15, 0.2) is 0 Å². The third-order valence-corrected chi connectivity index (χ3v) is 5.84. The van der Waals surface area contributed by atoms with Crippen LogP contribution in [0.5, 0.6) is 0 Å². The van der Waals surface area contributed by atoms with Crippen molar-refractivity contribution >= 4 is 44.6 Å². The quantitative estimate of drug-likeness (QED) is 0.480. The smallest absolute Gasteiger partial charge is 0.344 e. The Hall–Kier alpha value is -1.34. The highest BCUT2D eigenvalue weighted by Gasteiger charge is 2.43. The van der Waals surface area contributed by atoms with E-state index < -0.39 is 17.2 Å². The number of aromatic nitrogens is 1. The molecule has 0 amide bonds. The molecule has 0 saturated heterocycles. The van der Waals surface area contributed by atoms with Crippen LogP contribution in [0.2, 0.25) is 0 Å². The number of halogens is 2. The fraction of sp³-hybridized carbons (Fsp3) is 0.375. The SMILES string of the molecule is CCOC(=O)c1c(SC)[nH]c2cc(C3(Br)CC3)c(F)cc2c1=O. The normalized spacial score (nSPS) is 15.7. The van der Waals surface area contributed by atoms with E-state index in [4.69, 9.17) is 4.74 Å². The molecular formula is C16H15BrFNO3S. The van der Waals surface area contributed by atoms with E-state index >= 15 is 0 Å². The number of rotatable bonds is 4. The van der Waals surface area contributed by atoms with Crippen LogP contribution in [-0.4, -0.2) is 23.8 Å². The number of H-pyrrole nitrogens is 1. The van der Waals surface area contributed by atoms with Crippen LogP contribution < -0.4 is 5.43 Å². The molecule has 2 aromatic rings. The van der Waals surface area contributed by atoms with E-state index in [0.717, 1.165) is 12.8 Å². The van der Waals surface area contributed by atoms with Gasteiger partial charge in [-0.3, -0.25) is 4.79 Å². The number of carbonyl (C=O) groups excluding carboxylic acids is 1. The molecular weight excluding hydrogens is 385 g/mol. The lowest BCUT2D eigenvalue weighted by Crippen LogP contribution is -2.20.